The van der Waals surface area contributed by atoms with Gasteiger partial charge in [-0.2, -0.15) is 0 Å². The first-order chi connectivity index (χ1) is 18.8. The van der Waals surface area contributed by atoms with Crippen molar-refractivity contribution >= 4 is 11.6 Å². The van der Waals surface area contributed by atoms with Gasteiger partial charge in [0.2, 0.25) is 0 Å². The molecule has 10 nitrogen and oxygen atoms in total. The second kappa shape index (κ2) is 8.87. The van der Waals surface area contributed by atoms with Crippen molar-refractivity contribution in [3.05, 3.63) is 103 Å². The number of phenols is 1. The molecule has 2 aromatic carbocycles. The smallest absolute Gasteiger partial charge is 0.352 e. The molecule has 1 aromatic heterocycles. The van der Waals surface area contributed by atoms with Gasteiger partial charge in [-0.1, -0.05) is 24.3 Å². The van der Waals surface area contributed by atoms with E-state index in [1.807, 2.05) is 6.08 Å². The number of benzene rings is 2. The lowest BCUT2D eigenvalue weighted by molar-refractivity contribution is -0.116. The van der Waals surface area contributed by atoms with E-state index in [-0.39, 0.29) is 52.9 Å². The number of aromatic hydroxyl groups is 1. The zero-order valence-corrected chi connectivity index (χ0v) is 21.5. The first-order valence-electron chi connectivity index (χ1n) is 12.4. The molecule has 0 fully saturated rings. The number of methoxy groups -OCH3 is 2. The van der Waals surface area contributed by atoms with Crippen LogP contribution in [0.3, 0.4) is 0 Å². The summed E-state index contributed by atoms with van der Waals surface area (Å²) >= 11 is 0. The number of aromatic nitrogens is 3. The Morgan fingerprint density at radius 3 is 2.26 bits per heavy atom. The highest BCUT2D eigenvalue weighted by atomic mass is 16.5. The highest BCUT2D eigenvalue weighted by Crippen LogP contribution is 2.54. The van der Waals surface area contributed by atoms with Gasteiger partial charge in [-0.05, 0) is 30.7 Å². The van der Waals surface area contributed by atoms with Crippen LogP contribution in [0.25, 0.3) is 5.69 Å². The molecule has 3 aromatic rings. The van der Waals surface area contributed by atoms with Crippen LogP contribution in [0.2, 0.25) is 0 Å². The highest BCUT2D eigenvalue weighted by Gasteiger charge is 2.46. The van der Waals surface area contributed by atoms with Crippen LogP contribution in [0.1, 0.15) is 30.9 Å². The molecule has 2 heterocycles. The molecule has 0 spiro atoms. The Bertz CT molecular complexity index is 1760. The van der Waals surface area contributed by atoms with Crippen molar-refractivity contribution in [2.45, 2.75) is 31.8 Å². The van der Waals surface area contributed by atoms with Gasteiger partial charge in [0, 0.05) is 46.8 Å². The van der Waals surface area contributed by atoms with E-state index in [4.69, 9.17) is 9.47 Å². The van der Waals surface area contributed by atoms with Crippen LogP contribution >= 0.6 is 0 Å². The molecule has 3 aliphatic rings. The Hall–Kier alpha value is -4.86. The number of hydrogen-bond acceptors (Lipinski definition) is 7. The summed E-state index contributed by atoms with van der Waals surface area (Å²) in [6.45, 7) is 1.67. The number of carbonyl (C=O) groups is 2. The summed E-state index contributed by atoms with van der Waals surface area (Å²) in [6, 6.07) is 10.7. The van der Waals surface area contributed by atoms with Gasteiger partial charge < -0.3 is 14.6 Å². The summed E-state index contributed by atoms with van der Waals surface area (Å²) in [5.41, 5.74) is 1.36. The maximum Gasteiger partial charge on any atom is 0.352 e. The van der Waals surface area contributed by atoms with Crippen LogP contribution in [-0.4, -0.2) is 44.8 Å². The molecule has 0 radical (unpaired) electrons. The van der Waals surface area contributed by atoms with E-state index in [1.165, 1.54) is 41.8 Å². The van der Waals surface area contributed by atoms with Crippen molar-refractivity contribution in [3.8, 4) is 22.9 Å². The summed E-state index contributed by atoms with van der Waals surface area (Å²) in [5, 5.41) is 10.3. The molecular formula is C29H25N3O7. The quantitative estimate of drug-likeness (QED) is 0.409. The van der Waals surface area contributed by atoms with Crippen LogP contribution in [-0.2, 0) is 16.1 Å². The lowest BCUT2D eigenvalue weighted by Gasteiger charge is -2.40. The SMILES string of the molecule is COc1cc(O)cc(OC)c1[C@H]1C2=CCn3c(=O)n(-c4ccccc4)c(=O)n3[C@@H]2CC2=C1C(=O)C=C(C)C2=O. The van der Waals surface area contributed by atoms with Gasteiger partial charge in [0.15, 0.2) is 11.6 Å². The van der Waals surface area contributed by atoms with Crippen LogP contribution in [0.4, 0.5) is 0 Å². The predicted octanol–water partition coefficient (Wildman–Crippen LogP) is 2.59. The third kappa shape index (κ3) is 3.48. The third-order valence-electron chi connectivity index (χ3n) is 7.66. The van der Waals surface area contributed by atoms with Gasteiger partial charge in [-0.25, -0.2) is 23.5 Å². The van der Waals surface area contributed by atoms with Crippen LogP contribution in [0.5, 0.6) is 17.2 Å². The van der Waals surface area contributed by atoms with Gasteiger partial charge >= 0.3 is 11.4 Å². The van der Waals surface area contributed by atoms with Crippen LogP contribution in [0, 0.1) is 0 Å². The molecular weight excluding hydrogens is 502 g/mol. The van der Waals surface area contributed by atoms with Crippen LogP contribution in [0.15, 0.2) is 86.5 Å². The zero-order chi connectivity index (χ0) is 27.6. The third-order valence-corrected chi connectivity index (χ3v) is 7.66. The molecule has 10 heteroatoms. The number of fused-ring (bicyclic) bond motifs is 3. The summed E-state index contributed by atoms with van der Waals surface area (Å²) < 4.78 is 15.1. The van der Waals surface area contributed by atoms with E-state index < -0.39 is 23.3 Å². The van der Waals surface area contributed by atoms with E-state index in [2.05, 4.69) is 0 Å². The number of hydrogen-bond donors (Lipinski definition) is 1. The highest BCUT2D eigenvalue weighted by molar-refractivity contribution is 6.23. The number of rotatable bonds is 4. The monoisotopic (exact) mass is 527 g/mol. The van der Waals surface area contributed by atoms with Crippen molar-refractivity contribution < 1.29 is 24.2 Å². The average Bonchev–Trinajstić information content (AvgIpc) is 3.20. The summed E-state index contributed by atoms with van der Waals surface area (Å²) in [7, 11) is 2.87. The molecule has 0 saturated heterocycles. The van der Waals surface area contributed by atoms with Gasteiger partial charge in [-0.15, -0.1) is 0 Å². The van der Waals surface area contributed by atoms with Crippen molar-refractivity contribution in [3.63, 3.8) is 0 Å². The fourth-order valence-electron chi connectivity index (χ4n) is 5.99. The molecule has 6 rings (SSSR count). The first kappa shape index (κ1) is 24.5. The number of Topliss-reactive ketones (excluding diaryl/α,β-unsaturated/α-hetero) is 1. The van der Waals surface area contributed by atoms with Crippen molar-refractivity contribution in [2.24, 2.45) is 0 Å². The van der Waals surface area contributed by atoms with E-state index in [0.717, 1.165) is 4.57 Å². The Morgan fingerprint density at radius 2 is 1.62 bits per heavy atom. The standard InChI is InChI=1S/C29H25N3O7/c1-15-11-21(34)24-19(27(15)35)14-20-18(25(24)26-22(38-2)12-17(33)13-23(26)39-3)9-10-30-28(36)31(29(37)32(20)30)16-7-5-4-6-8-16/h4-9,11-13,20,25,33H,10,14H2,1-3H3/t20-,25+/m1/s1. The van der Waals surface area contributed by atoms with E-state index in [1.54, 1.807) is 37.3 Å². The maximum absolute atomic E-state index is 13.8. The molecule has 0 saturated carbocycles. The number of ketones is 2. The topological polar surface area (TPSA) is 122 Å². The average molecular weight is 528 g/mol. The molecule has 1 N–H and O–H groups in total. The van der Waals surface area contributed by atoms with Crippen molar-refractivity contribution in [2.75, 3.05) is 14.2 Å². The zero-order valence-electron chi connectivity index (χ0n) is 21.5. The minimum absolute atomic E-state index is 0.0638. The van der Waals surface area contributed by atoms with Gasteiger partial charge in [0.05, 0.1) is 32.5 Å². The minimum Gasteiger partial charge on any atom is -0.508 e. The molecule has 39 heavy (non-hydrogen) atoms. The predicted molar refractivity (Wildman–Crippen MR) is 141 cm³/mol. The lowest BCUT2D eigenvalue weighted by Crippen LogP contribution is -2.41. The van der Waals surface area contributed by atoms with Gasteiger partial charge in [0.25, 0.3) is 0 Å². The number of carbonyl (C=O) groups excluding carboxylic acids is 2. The molecule has 0 unspecified atom stereocenters. The van der Waals surface area contributed by atoms with E-state index >= 15 is 0 Å². The lowest BCUT2D eigenvalue weighted by atomic mass is 9.67. The Kier molecular flexibility index (Phi) is 5.56. The summed E-state index contributed by atoms with van der Waals surface area (Å²) in [5.74, 6) is -1.01. The minimum atomic E-state index is -0.819. The molecule has 0 amide bonds. The summed E-state index contributed by atoms with van der Waals surface area (Å²) in [4.78, 5) is 54.2. The first-order valence-corrected chi connectivity index (χ1v) is 12.4. The Morgan fingerprint density at radius 1 is 0.949 bits per heavy atom. The van der Waals surface area contributed by atoms with Gasteiger partial charge in [-0.3, -0.25) is 9.59 Å². The summed E-state index contributed by atoms with van der Waals surface area (Å²) in [6.07, 6.45) is 3.21. The van der Waals surface area contributed by atoms with Crippen LogP contribution < -0.4 is 20.9 Å². The van der Waals surface area contributed by atoms with Gasteiger partial charge in [0.1, 0.15) is 17.2 Å². The molecule has 2 aliphatic carbocycles. The molecule has 0 bridgehead atoms. The number of ether oxygens (including phenoxy) is 2. The van der Waals surface area contributed by atoms with Crippen molar-refractivity contribution in [1.82, 2.24) is 13.9 Å². The number of allylic oxidation sites excluding steroid dienone is 6. The van der Waals surface area contributed by atoms with E-state index in [0.29, 0.717) is 22.4 Å². The van der Waals surface area contributed by atoms with Crippen molar-refractivity contribution in [1.29, 1.82) is 0 Å². The second-order valence-corrected chi connectivity index (χ2v) is 9.70. The normalized spacial score (nSPS) is 20.1. The second-order valence-electron chi connectivity index (χ2n) is 9.70. The van der Waals surface area contributed by atoms with E-state index in [9.17, 15) is 24.3 Å². The maximum atomic E-state index is 13.8. The molecule has 2 atom stereocenters. The largest absolute Gasteiger partial charge is 0.508 e. The number of phenolic OH excluding ortho intramolecular Hbond substituents is 1. The molecule has 1 aliphatic heterocycles. The Balaban J connectivity index is 1.64. The fourth-order valence-corrected chi connectivity index (χ4v) is 5.99. The fraction of sp³-hybridized carbons (Fsp3) is 0.241. The Labute approximate surface area is 222 Å². The molecule has 198 valence electrons. The number of para-hydroxylation sites is 1. The number of nitrogens with zero attached hydrogens (tertiary/aromatic N) is 3.